The lowest BCUT2D eigenvalue weighted by Gasteiger charge is -2.22. The molecule has 1 aromatic heterocycles. The molecule has 0 unspecified atom stereocenters. The third-order valence-corrected chi connectivity index (χ3v) is 2.95. The number of nitrogens with zero attached hydrogens (tertiary/aromatic N) is 4. The van der Waals surface area contributed by atoms with Crippen LogP contribution in [-0.2, 0) is 0 Å². The SMILES string of the molecule is CN1CCCN(c2ccc(C#N)nc2)CC1. The van der Waals surface area contributed by atoms with Gasteiger partial charge < -0.3 is 9.80 Å². The average Bonchev–Trinajstić information content (AvgIpc) is 2.54. The van der Waals surface area contributed by atoms with E-state index in [1.54, 1.807) is 12.3 Å². The van der Waals surface area contributed by atoms with E-state index in [2.05, 4.69) is 21.8 Å². The average molecular weight is 216 g/mol. The van der Waals surface area contributed by atoms with Crippen LogP contribution in [0, 0.1) is 11.3 Å². The number of rotatable bonds is 1. The molecule has 0 aliphatic carbocycles. The number of anilines is 1. The predicted octanol–water partition coefficient (Wildman–Crippen LogP) is 1.10. The van der Waals surface area contributed by atoms with E-state index in [1.807, 2.05) is 12.1 Å². The predicted molar refractivity (Wildman–Crippen MR) is 63.3 cm³/mol. The van der Waals surface area contributed by atoms with Crippen molar-refractivity contribution in [1.82, 2.24) is 9.88 Å². The first-order valence-corrected chi connectivity index (χ1v) is 5.59. The molecule has 0 saturated carbocycles. The van der Waals surface area contributed by atoms with E-state index in [4.69, 9.17) is 5.26 Å². The first-order valence-electron chi connectivity index (χ1n) is 5.59. The summed E-state index contributed by atoms with van der Waals surface area (Å²) in [4.78, 5) is 8.78. The molecule has 1 aliphatic rings. The fraction of sp³-hybridized carbons (Fsp3) is 0.500. The van der Waals surface area contributed by atoms with Crippen molar-refractivity contribution in [3.63, 3.8) is 0 Å². The molecule has 2 rings (SSSR count). The molecule has 1 aliphatic heterocycles. The Labute approximate surface area is 96.1 Å². The monoisotopic (exact) mass is 216 g/mol. The molecule has 4 nitrogen and oxygen atoms in total. The fourth-order valence-corrected chi connectivity index (χ4v) is 1.94. The zero-order valence-corrected chi connectivity index (χ0v) is 9.56. The van der Waals surface area contributed by atoms with Crippen molar-refractivity contribution in [2.45, 2.75) is 6.42 Å². The summed E-state index contributed by atoms with van der Waals surface area (Å²) in [5, 5.41) is 8.69. The van der Waals surface area contributed by atoms with Crippen LogP contribution in [0.25, 0.3) is 0 Å². The van der Waals surface area contributed by atoms with Crippen molar-refractivity contribution < 1.29 is 0 Å². The van der Waals surface area contributed by atoms with Crippen molar-refractivity contribution in [3.8, 4) is 6.07 Å². The van der Waals surface area contributed by atoms with Gasteiger partial charge in [0.25, 0.3) is 0 Å². The van der Waals surface area contributed by atoms with Gasteiger partial charge in [-0.1, -0.05) is 0 Å². The molecule has 4 heteroatoms. The number of hydrogen-bond acceptors (Lipinski definition) is 4. The molecule has 1 aromatic rings. The van der Waals surface area contributed by atoms with Gasteiger partial charge in [-0.2, -0.15) is 5.26 Å². The summed E-state index contributed by atoms with van der Waals surface area (Å²) in [6, 6.07) is 5.80. The number of nitriles is 1. The molecule has 0 radical (unpaired) electrons. The van der Waals surface area contributed by atoms with Gasteiger partial charge in [0.15, 0.2) is 0 Å². The second-order valence-electron chi connectivity index (χ2n) is 4.16. The third-order valence-electron chi connectivity index (χ3n) is 2.95. The Morgan fingerprint density at radius 1 is 1.25 bits per heavy atom. The number of likely N-dealkylation sites (N-methyl/N-ethyl adjacent to an activating group) is 1. The van der Waals surface area contributed by atoms with E-state index >= 15 is 0 Å². The molecule has 84 valence electrons. The molecule has 0 atom stereocenters. The molecule has 2 heterocycles. The van der Waals surface area contributed by atoms with Gasteiger partial charge in [0.05, 0.1) is 11.9 Å². The minimum Gasteiger partial charge on any atom is -0.369 e. The Balaban J connectivity index is 2.08. The lowest BCUT2D eigenvalue weighted by Crippen LogP contribution is -2.28. The van der Waals surface area contributed by atoms with Gasteiger partial charge in [-0.05, 0) is 32.1 Å². The maximum atomic E-state index is 8.69. The van der Waals surface area contributed by atoms with Crippen LogP contribution in [0.5, 0.6) is 0 Å². The van der Waals surface area contributed by atoms with Crippen LogP contribution in [0.1, 0.15) is 12.1 Å². The van der Waals surface area contributed by atoms with Gasteiger partial charge in [0.1, 0.15) is 11.8 Å². The molecule has 0 aromatic carbocycles. The number of pyridine rings is 1. The molecule has 0 N–H and O–H groups in total. The topological polar surface area (TPSA) is 43.2 Å². The zero-order valence-electron chi connectivity index (χ0n) is 9.56. The van der Waals surface area contributed by atoms with Gasteiger partial charge in [-0.3, -0.25) is 0 Å². The molecule has 1 fully saturated rings. The second-order valence-corrected chi connectivity index (χ2v) is 4.16. The van der Waals surface area contributed by atoms with Crippen LogP contribution in [-0.4, -0.2) is 43.1 Å². The van der Waals surface area contributed by atoms with Crippen LogP contribution >= 0.6 is 0 Å². The zero-order chi connectivity index (χ0) is 11.4. The van der Waals surface area contributed by atoms with E-state index in [0.29, 0.717) is 5.69 Å². The van der Waals surface area contributed by atoms with Crippen molar-refractivity contribution in [2.75, 3.05) is 38.1 Å². The first kappa shape index (κ1) is 10.9. The molecule has 0 spiro atoms. The number of hydrogen-bond donors (Lipinski definition) is 0. The van der Waals surface area contributed by atoms with Gasteiger partial charge in [-0.15, -0.1) is 0 Å². The molecule has 16 heavy (non-hydrogen) atoms. The summed E-state index contributed by atoms with van der Waals surface area (Å²) in [7, 11) is 2.15. The highest BCUT2D eigenvalue weighted by Crippen LogP contribution is 2.15. The van der Waals surface area contributed by atoms with E-state index in [0.717, 1.165) is 31.9 Å². The van der Waals surface area contributed by atoms with E-state index in [-0.39, 0.29) is 0 Å². The highest BCUT2D eigenvalue weighted by molar-refractivity contribution is 5.46. The van der Waals surface area contributed by atoms with Crippen molar-refractivity contribution in [3.05, 3.63) is 24.0 Å². The maximum absolute atomic E-state index is 8.69. The van der Waals surface area contributed by atoms with Crippen LogP contribution in [0.3, 0.4) is 0 Å². The van der Waals surface area contributed by atoms with Gasteiger partial charge >= 0.3 is 0 Å². The summed E-state index contributed by atoms with van der Waals surface area (Å²) in [5.41, 5.74) is 1.60. The Hall–Kier alpha value is -1.60. The highest BCUT2D eigenvalue weighted by Gasteiger charge is 2.12. The molecule has 0 bridgehead atoms. The van der Waals surface area contributed by atoms with Gasteiger partial charge in [-0.25, -0.2) is 4.98 Å². The Bertz CT molecular complexity index is 379. The minimum atomic E-state index is 0.482. The smallest absolute Gasteiger partial charge is 0.140 e. The third kappa shape index (κ3) is 2.50. The van der Waals surface area contributed by atoms with Gasteiger partial charge in [0.2, 0.25) is 0 Å². The first-order chi connectivity index (χ1) is 7.79. The molecular formula is C12H16N4. The van der Waals surface area contributed by atoms with Crippen LogP contribution in [0.4, 0.5) is 5.69 Å². The van der Waals surface area contributed by atoms with E-state index < -0.39 is 0 Å². The summed E-state index contributed by atoms with van der Waals surface area (Å²) in [6.07, 6.45) is 2.97. The molecule has 0 amide bonds. The van der Waals surface area contributed by atoms with Crippen LogP contribution < -0.4 is 4.90 Å². The standard InChI is InChI=1S/C12H16N4/c1-15-5-2-6-16(8-7-15)12-4-3-11(9-13)14-10-12/h3-4,10H,2,5-8H2,1H3. The van der Waals surface area contributed by atoms with E-state index in [1.165, 1.54) is 6.42 Å². The van der Waals surface area contributed by atoms with Crippen molar-refractivity contribution in [2.24, 2.45) is 0 Å². The van der Waals surface area contributed by atoms with Crippen LogP contribution in [0.2, 0.25) is 0 Å². The number of aromatic nitrogens is 1. The largest absolute Gasteiger partial charge is 0.369 e. The summed E-state index contributed by atoms with van der Waals surface area (Å²) in [6.45, 7) is 4.34. The molecular weight excluding hydrogens is 200 g/mol. The summed E-state index contributed by atoms with van der Waals surface area (Å²) >= 11 is 0. The molecule has 1 saturated heterocycles. The van der Waals surface area contributed by atoms with E-state index in [9.17, 15) is 0 Å². The Morgan fingerprint density at radius 2 is 2.12 bits per heavy atom. The summed E-state index contributed by atoms with van der Waals surface area (Å²) < 4.78 is 0. The lowest BCUT2D eigenvalue weighted by atomic mass is 10.3. The normalized spacial score (nSPS) is 17.9. The highest BCUT2D eigenvalue weighted by atomic mass is 15.2. The minimum absolute atomic E-state index is 0.482. The van der Waals surface area contributed by atoms with Crippen molar-refractivity contribution in [1.29, 1.82) is 5.26 Å². The lowest BCUT2D eigenvalue weighted by molar-refractivity contribution is 0.360. The maximum Gasteiger partial charge on any atom is 0.140 e. The fourth-order valence-electron chi connectivity index (χ4n) is 1.94. The van der Waals surface area contributed by atoms with Crippen LogP contribution in [0.15, 0.2) is 18.3 Å². The Kier molecular flexibility index (Phi) is 3.37. The summed E-state index contributed by atoms with van der Waals surface area (Å²) in [5.74, 6) is 0. The Morgan fingerprint density at radius 3 is 2.81 bits per heavy atom. The van der Waals surface area contributed by atoms with Crippen molar-refractivity contribution >= 4 is 5.69 Å². The second kappa shape index (κ2) is 4.95. The quantitative estimate of drug-likeness (QED) is 0.705. The van der Waals surface area contributed by atoms with Gasteiger partial charge in [0, 0.05) is 19.6 Å².